The summed E-state index contributed by atoms with van der Waals surface area (Å²) in [5.74, 6) is -1.84. The quantitative estimate of drug-likeness (QED) is 0.658. The molecule has 0 saturated carbocycles. The molecule has 3 N–H and O–H groups in total. The van der Waals surface area contributed by atoms with E-state index in [-0.39, 0.29) is 22.6 Å². The molecular formula is C19H19F2N7O. The lowest BCUT2D eigenvalue weighted by Crippen LogP contribution is -2.45. The van der Waals surface area contributed by atoms with Gasteiger partial charge in [-0.3, -0.25) is 9.48 Å². The number of nitrogens with zero attached hydrogens (tertiary/aromatic N) is 5. The number of benzene rings is 1. The van der Waals surface area contributed by atoms with Crippen molar-refractivity contribution in [3.05, 3.63) is 54.0 Å². The summed E-state index contributed by atoms with van der Waals surface area (Å²) in [6, 6.07) is 4.84. The third-order valence-corrected chi connectivity index (χ3v) is 4.74. The number of anilines is 2. The minimum atomic E-state index is -0.814. The Bertz CT molecular complexity index is 1040. The van der Waals surface area contributed by atoms with Crippen LogP contribution in [0.15, 0.2) is 36.7 Å². The topological polar surface area (TPSA) is 102 Å². The second-order valence-electron chi connectivity index (χ2n) is 7.12. The fourth-order valence-corrected chi connectivity index (χ4v) is 3.43. The van der Waals surface area contributed by atoms with E-state index >= 15 is 0 Å². The van der Waals surface area contributed by atoms with Gasteiger partial charge in [0.05, 0.1) is 23.1 Å². The first-order chi connectivity index (χ1) is 13.9. The molecule has 0 bridgehead atoms. The smallest absolute Gasteiger partial charge is 0.271 e. The van der Waals surface area contributed by atoms with Gasteiger partial charge in [0.15, 0.2) is 5.69 Å². The van der Waals surface area contributed by atoms with Gasteiger partial charge < -0.3 is 16.0 Å². The van der Waals surface area contributed by atoms with Crippen molar-refractivity contribution in [3.63, 3.8) is 0 Å². The van der Waals surface area contributed by atoms with Crippen LogP contribution in [0.25, 0.3) is 11.3 Å². The van der Waals surface area contributed by atoms with Gasteiger partial charge in [-0.1, -0.05) is 6.07 Å². The number of carbonyl (C=O) groups is 1. The molecule has 1 fully saturated rings. The zero-order chi connectivity index (χ0) is 20.5. The molecule has 1 aliphatic rings. The number of rotatable bonds is 6. The molecule has 4 rings (SSSR count). The van der Waals surface area contributed by atoms with E-state index in [1.165, 1.54) is 12.1 Å². The summed E-state index contributed by atoms with van der Waals surface area (Å²) >= 11 is 0. The van der Waals surface area contributed by atoms with Crippen LogP contribution in [0.5, 0.6) is 0 Å². The van der Waals surface area contributed by atoms with Crippen molar-refractivity contribution in [3.8, 4) is 11.3 Å². The van der Waals surface area contributed by atoms with E-state index in [2.05, 4.69) is 32.6 Å². The Hall–Kier alpha value is -3.40. The van der Waals surface area contributed by atoms with Crippen molar-refractivity contribution in [1.29, 1.82) is 0 Å². The summed E-state index contributed by atoms with van der Waals surface area (Å²) in [5, 5.41) is 14.8. The summed E-state index contributed by atoms with van der Waals surface area (Å²) in [6.07, 6.45) is 3.38. The highest BCUT2D eigenvalue weighted by molar-refractivity contribution is 5.97. The van der Waals surface area contributed by atoms with Crippen molar-refractivity contribution in [2.45, 2.75) is 6.54 Å². The zero-order valence-electron chi connectivity index (χ0n) is 15.6. The van der Waals surface area contributed by atoms with Crippen molar-refractivity contribution in [1.82, 2.24) is 24.9 Å². The summed E-state index contributed by atoms with van der Waals surface area (Å²) in [4.78, 5) is 13.9. The van der Waals surface area contributed by atoms with Gasteiger partial charge >= 0.3 is 0 Å². The Morgan fingerprint density at radius 3 is 2.66 bits per heavy atom. The first kappa shape index (κ1) is 18.9. The molecule has 0 aliphatic carbocycles. The first-order valence-electron chi connectivity index (χ1n) is 9.00. The molecule has 3 aromatic rings. The van der Waals surface area contributed by atoms with Gasteiger partial charge in [0.25, 0.3) is 5.91 Å². The van der Waals surface area contributed by atoms with Crippen molar-refractivity contribution >= 4 is 17.3 Å². The van der Waals surface area contributed by atoms with Gasteiger partial charge in [-0.15, -0.1) is 10.2 Å². The van der Waals surface area contributed by atoms with Crippen LogP contribution in [0.1, 0.15) is 10.5 Å². The van der Waals surface area contributed by atoms with Crippen LogP contribution >= 0.6 is 0 Å². The van der Waals surface area contributed by atoms with Crippen LogP contribution in [0.3, 0.4) is 0 Å². The third-order valence-electron chi connectivity index (χ3n) is 4.74. The molecule has 8 nitrogen and oxygen atoms in total. The Morgan fingerprint density at radius 2 is 2.00 bits per heavy atom. The summed E-state index contributed by atoms with van der Waals surface area (Å²) in [7, 11) is 2.06. The molecule has 0 atom stereocenters. The molecule has 1 aliphatic heterocycles. The predicted molar refractivity (Wildman–Crippen MR) is 102 cm³/mol. The van der Waals surface area contributed by atoms with Crippen molar-refractivity contribution in [2.24, 2.45) is 11.7 Å². The van der Waals surface area contributed by atoms with Gasteiger partial charge in [0.2, 0.25) is 0 Å². The number of amides is 1. The van der Waals surface area contributed by atoms with E-state index in [0.717, 1.165) is 31.8 Å². The van der Waals surface area contributed by atoms with Crippen LogP contribution in [0.2, 0.25) is 0 Å². The maximum absolute atomic E-state index is 14.1. The number of primary amides is 1. The van der Waals surface area contributed by atoms with Crippen LogP contribution in [-0.2, 0) is 6.54 Å². The van der Waals surface area contributed by atoms with Crippen molar-refractivity contribution in [2.75, 3.05) is 25.5 Å². The Morgan fingerprint density at radius 1 is 1.28 bits per heavy atom. The SMILES string of the molecule is CN1CC(Cn2cc(Nc3cc(-c4c(F)cccc4F)nnc3C(N)=O)cn2)C1. The van der Waals surface area contributed by atoms with Gasteiger partial charge in [0, 0.05) is 31.7 Å². The standard InChI is InChI=1S/C19H19F2N7O/c1-27-7-11(8-27)9-28-10-12(6-23-28)24-16-5-15(25-26-18(16)19(22)29)17-13(20)3-2-4-14(17)21/h2-6,10-11H,7-9H2,1H3,(H2,22,29)(H,24,25). The van der Waals surface area contributed by atoms with Crippen LogP contribution in [-0.4, -0.2) is 50.9 Å². The largest absolute Gasteiger partial charge is 0.364 e. The highest BCUT2D eigenvalue weighted by atomic mass is 19.1. The van der Waals surface area contributed by atoms with E-state index in [1.807, 2.05) is 0 Å². The Labute approximate surface area is 165 Å². The molecule has 3 heterocycles. The number of nitrogens with one attached hydrogen (secondary N) is 1. The number of hydrogen-bond acceptors (Lipinski definition) is 6. The number of aromatic nitrogens is 4. The minimum absolute atomic E-state index is 0.0574. The third kappa shape index (κ3) is 3.92. The highest BCUT2D eigenvalue weighted by Crippen LogP contribution is 2.28. The van der Waals surface area contributed by atoms with E-state index < -0.39 is 17.5 Å². The highest BCUT2D eigenvalue weighted by Gasteiger charge is 2.24. The molecule has 1 saturated heterocycles. The fraction of sp³-hybridized carbons (Fsp3) is 0.263. The average molecular weight is 399 g/mol. The maximum atomic E-state index is 14.1. The predicted octanol–water partition coefficient (Wildman–Crippen LogP) is 2.02. The van der Waals surface area contributed by atoms with Gasteiger partial charge in [-0.05, 0) is 25.2 Å². The van der Waals surface area contributed by atoms with E-state index in [4.69, 9.17) is 5.73 Å². The summed E-state index contributed by atoms with van der Waals surface area (Å²) in [6.45, 7) is 2.80. The minimum Gasteiger partial charge on any atom is -0.364 e. The first-order valence-corrected chi connectivity index (χ1v) is 9.00. The summed E-state index contributed by atoms with van der Waals surface area (Å²) < 4.78 is 30.0. The number of hydrogen-bond donors (Lipinski definition) is 2. The molecule has 1 aromatic carbocycles. The molecule has 2 aromatic heterocycles. The summed E-state index contributed by atoms with van der Waals surface area (Å²) in [5.41, 5.74) is 5.62. The lowest BCUT2D eigenvalue weighted by molar-refractivity contribution is 0.0995. The number of halogens is 2. The average Bonchev–Trinajstić information content (AvgIpc) is 3.07. The van der Waals surface area contributed by atoms with Gasteiger partial charge in [-0.25, -0.2) is 8.78 Å². The lowest BCUT2D eigenvalue weighted by Gasteiger charge is -2.35. The van der Waals surface area contributed by atoms with Crippen LogP contribution in [0.4, 0.5) is 20.2 Å². The molecule has 0 radical (unpaired) electrons. The monoisotopic (exact) mass is 399 g/mol. The normalized spacial score (nSPS) is 14.6. The van der Waals surface area contributed by atoms with E-state index in [9.17, 15) is 13.6 Å². The molecule has 150 valence electrons. The second-order valence-corrected chi connectivity index (χ2v) is 7.12. The second kappa shape index (κ2) is 7.55. The van der Waals surface area contributed by atoms with Crippen LogP contribution in [0, 0.1) is 17.6 Å². The molecule has 1 amide bonds. The number of nitrogens with two attached hydrogens (primary N) is 1. The van der Waals surface area contributed by atoms with E-state index in [1.54, 1.807) is 17.1 Å². The van der Waals surface area contributed by atoms with Gasteiger partial charge in [0.1, 0.15) is 17.3 Å². The molecule has 29 heavy (non-hydrogen) atoms. The molecular weight excluding hydrogens is 380 g/mol. The number of carbonyl (C=O) groups excluding carboxylic acids is 1. The van der Waals surface area contributed by atoms with Crippen LogP contribution < -0.4 is 11.1 Å². The molecule has 10 heteroatoms. The van der Waals surface area contributed by atoms with Crippen molar-refractivity contribution < 1.29 is 13.6 Å². The van der Waals surface area contributed by atoms with E-state index in [0.29, 0.717) is 11.6 Å². The van der Waals surface area contributed by atoms with Gasteiger partial charge in [-0.2, -0.15) is 5.10 Å². The zero-order valence-corrected chi connectivity index (χ0v) is 15.6. The number of likely N-dealkylation sites (tertiary alicyclic amines) is 1. The maximum Gasteiger partial charge on any atom is 0.271 e. The molecule has 0 unspecified atom stereocenters. The molecule has 0 spiro atoms. The Kier molecular flexibility index (Phi) is 4.93. The Balaban J connectivity index is 1.62. The lowest BCUT2D eigenvalue weighted by atomic mass is 10.0. The fourth-order valence-electron chi connectivity index (χ4n) is 3.43.